The van der Waals surface area contributed by atoms with E-state index < -0.39 is 10.8 Å². The Bertz CT molecular complexity index is 366. The van der Waals surface area contributed by atoms with Crippen molar-refractivity contribution in [3.8, 4) is 0 Å². The normalized spacial score (nSPS) is 12.3. The number of methoxy groups -OCH3 is 1. The Hall–Kier alpha value is -0.900. The molecule has 0 spiro atoms. The lowest BCUT2D eigenvalue weighted by Crippen LogP contribution is -2.18. The molecule has 0 saturated heterocycles. The Morgan fingerprint density at radius 3 is 2.80 bits per heavy atom. The third kappa shape index (κ3) is 3.30. The zero-order valence-electron chi connectivity index (χ0n) is 8.59. The van der Waals surface area contributed by atoms with Gasteiger partial charge in [-0.3, -0.25) is 4.79 Å². The van der Waals surface area contributed by atoms with Gasteiger partial charge in [0.15, 0.2) is 0 Å². The molecule has 0 radical (unpaired) electrons. The van der Waals surface area contributed by atoms with E-state index in [-0.39, 0.29) is 5.82 Å². The third-order valence-corrected chi connectivity index (χ3v) is 2.76. The molecule has 0 aliphatic carbocycles. The van der Waals surface area contributed by atoms with Crippen molar-refractivity contribution in [3.63, 3.8) is 0 Å². The van der Waals surface area contributed by atoms with Crippen molar-refractivity contribution in [1.82, 2.24) is 0 Å². The minimum atomic E-state index is -0.500. The molecule has 1 unspecified atom stereocenters. The minimum absolute atomic E-state index is 0.289. The van der Waals surface area contributed by atoms with Crippen LogP contribution in [0, 0.1) is 12.7 Å². The highest BCUT2D eigenvalue weighted by molar-refractivity contribution is 9.10. The van der Waals surface area contributed by atoms with Crippen molar-refractivity contribution in [3.05, 3.63) is 35.1 Å². The summed E-state index contributed by atoms with van der Waals surface area (Å²) in [6.07, 6.45) is 0.290. The van der Waals surface area contributed by atoms with E-state index in [1.54, 1.807) is 6.07 Å². The number of hydrogen-bond acceptors (Lipinski definition) is 2. The quantitative estimate of drug-likeness (QED) is 0.626. The number of ether oxygens (including phenoxy) is 1. The van der Waals surface area contributed by atoms with E-state index in [1.165, 1.54) is 13.2 Å². The van der Waals surface area contributed by atoms with Crippen LogP contribution in [-0.2, 0) is 16.0 Å². The first-order valence-electron chi connectivity index (χ1n) is 4.51. The molecule has 0 fully saturated rings. The Morgan fingerprint density at radius 2 is 2.27 bits per heavy atom. The SMILES string of the molecule is COC(=O)C(Br)Cc1ccc(C)cc1F. The number of aryl methyl sites for hydroxylation is 1. The van der Waals surface area contributed by atoms with E-state index in [0.717, 1.165) is 5.56 Å². The number of halogens is 2. The van der Waals surface area contributed by atoms with Crippen LogP contribution in [-0.4, -0.2) is 17.9 Å². The van der Waals surface area contributed by atoms with Crippen LogP contribution in [0.1, 0.15) is 11.1 Å². The van der Waals surface area contributed by atoms with Gasteiger partial charge in [0.2, 0.25) is 0 Å². The number of carbonyl (C=O) groups is 1. The maximum Gasteiger partial charge on any atom is 0.319 e. The molecule has 0 N–H and O–H groups in total. The zero-order valence-corrected chi connectivity index (χ0v) is 10.2. The molecule has 0 amide bonds. The Kier molecular flexibility index (Phi) is 4.27. The molecule has 0 bridgehead atoms. The van der Waals surface area contributed by atoms with E-state index in [1.807, 2.05) is 13.0 Å². The van der Waals surface area contributed by atoms with Crippen LogP contribution in [0.2, 0.25) is 0 Å². The first-order valence-corrected chi connectivity index (χ1v) is 5.43. The van der Waals surface area contributed by atoms with Crippen molar-refractivity contribution in [2.24, 2.45) is 0 Å². The van der Waals surface area contributed by atoms with Gasteiger partial charge < -0.3 is 4.74 Å². The summed E-state index contributed by atoms with van der Waals surface area (Å²) in [4.78, 5) is 10.6. The number of rotatable bonds is 3. The second kappa shape index (κ2) is 5.26. The number of hydrogen-bond donors (Lipinski definition) is 0. The van der Waals surface area contributed by atoms with Crippen molar-refractivity contribution in [1.29, 1.82) is 0 Å². The lowest BCUT2D eigenvalue weighted by Gasteiger charge is -2.08. The third-order valence-electron chi connectivity index (χ3n) is 2.06. The molecule has 0 aliphatic rings. The van der Waals surface area contributed by atoms with Crippen molar-refractivity contribution >= 4 is 21.9 Å². The summed E-state index contributed by atoms with van der Waals surface area (Å²) in [6.45, 7) is 1.82. The van der Waals surface area contributed by atoms with Gasteiger partial charge in [0.25, 0.3) is 0 Å². The predicted molar refractivity (Wildman–Crippen MR) is 59.6 cm³/mol. The van der Waals surface area contributed by atoms with E-state index in [0.29, 0.717) is 12.0 Å². The first kappa shape index (κ1) is 12.2. The monoisotopic (exact) mass is 274 g/mol. The molecular weight excluding hydrogens is 263 g/mol. The second-order valence-electron chi connectivity index (χ2n) is 3.29. The van der Waals surface area contributed by atoms with Gasteiger partial charge in [-0.05, 0) is 30.5 Å². The fourth-order valence-electron chi connectivity index (χ4n) is 1.22. The highest BCUT2D eigenvalue weighted by atomic mass is 79.9. The summed E-state index contributed by atoms with van der Waals surface area (Å²) in [5, 5.41) is 0. The van der Waals surface area contributed by atoms with Gasteiger partial charge >= 0.3 is 5.97 Å². The average Bonchev–Trinajstić information content (AvgIpc) is 2.20. The summed E-state index contributed by atoms with van der Waals surface area (Å²) >= 11 is 3.15. The molecule has 1 rings (SSSR count). The molecule has 4 heteroatoms. The van der Waals surface area contributed by atoms with Gasteiger partial charge in [0, 0.05) is 0 Å². The first-order chi connectivity index (χ1) is 7.04. The van der Waals surface area contributed by atoms with Gasteiger partial charge in [0.1, 0.15) is 10.6 Å². The lowest BCUT2D eigenvalue weighted by atomic mass is 10.1. The molecule has 1 aromatic rings. The molecular formula is C11H12BrFO2. The summed E-state index contributed by atoms with van der Waals surface area (Å²) < 4.78 is 17.9. The molecule has 2 nitrogen and oxygen atoms in total. The molecule has 1 aromatic carbocycles. The van der Waals surface area contributed by atoms with Crippen LogP contribution in [0.4, 0.5) is 4.39 Å². The zero-order chi connectivity index (χ0) is 11.4. The fourth-order valence-corrected chi connectivity index (χ4v) is 1.76. The summed E-state index contributed by atoms with van der Waals surface area (Å²) in [6, 6.07) is 4.95. The van der Waals surface area contributed by atoms with Gasteiger partial charge in [-0.2, -0.15) is 0 Å². The van der Waals surface area contributed by atoms with E-state index in [2.05, 4.69) is 20.7 Å². The van der Waals surface area contributed by atoms with Crippen LogP contribution in [0.25, 0.3) is 0 Å². The number of benzene rings is 1. The van der Waals surface area contributed by atoms with Gasteiger partial charge in [-0.15, -0.1) is 0 Å². The van der Waals surface area contributed by atoms with Gasteiger partial charge in [0.05, 0.1) is 7.11 Å². The van der Waals surface area contributed by atoms with Gasteiger partial charge in [-0.1, -0.05) is 28.1 Å². The Morgan fingerprint density at radius 1 is 1.60 bits per heavy atom. The van der Waals surface area contributed by atoms with Crippen LogP contribution in [0.5, 0.6) is 0 Å². The molecule has 0 heterocycles. The smallest absolute Gasteiger partial charge is 0.319 e. The van der Waals surface area contributed by atoms with Crippen LogP contribution in [0.15, 0.2) is 18.2 Å². The summed E-state index contributed by atoms with van der Waals surface area (Å²) in [5.74, 6) is -0.682. The summed E-state index contributed by atoms with van der Waals surface area (Å²) in [5.41, 5.74) is 1.37. The van der Waals surface area contributed by atoms with Crippen LogP contribution >= 0.6 is 15.9 Å². The van der Waals surface area contributed by atoms with E-state index in [9.17, 15) is 9.18 Å². The highest BCUT2D eigenvalue weighted by Gasteiger charge is 2.17. The highest BCUT2D eigenvalue weighted by Crippen LogP contribution is 2.16. The molecule has 1 atom stereocenters. The molecule has 82 valence electrons. The molecule has 0 aromatic heterocycles. The maximum atomic E-state index is 13.4. The number of esters is 1. The largest absolute Gasteiger partial charge is 0.468 e. The molecule has 15 heavy (non-hydrogen) atoms. The predicted octanol–water partition coefficient (Wildman–Crippen LogP) is 2.61. The van der Waals surface area contributed by atoms with Crippen molar-refractivity contribution < 1.29 is 13.9 Å². The Labute approximate surface area is 96.6 Å². The second-order valence-corrected chi connectivity index (χ2v) is 4.40. The van der Waals surface area contributed by atoms with Crippen molar-refractivity contribution in [2.45, 2.75) is 18.2 Å². The van der Waals surface area contributed by atoms with Crippen LogP contribution < -0.4 is 0 Å². The topological polar surface area (TPSA) is 26.3 Å². The minimum Gasteiger partial charge on any atom is -0.468 e. The van der Waals surface area contributed by atoms with Gasteiger partial charge in [-0.25, -0.2) is 4.39 Å². The van der Waals surface area contributed by atoms with Crippen LogP contribution in [0.3, 0.4) is 0 Å². The fraction of sp³-hybridized carbons (Fsp3) is 0.364. The van der Waals surface area contributed by atoms with E-state index >= 15 is 0 Å². The number of carbonyl (C=O) groups excluding carboxylic acids is 1. The summed E-state index contributed by atoms with van der Waals surface area (Å²) in [7, 11) is 1.31. The van der Waals surface area contributed by atoms with Crippen molar-refractivity contribution in [2.75, 3.05) is 7.11 Å². The number of alkyl halides is 1. The van der Waals surface area contributed by atoms with E-state index in [4.69, 9.17) is 0 Å². The Balaban J connectivity index is 2.76. The average molecular weight is 275 g/mol. The standard InChI is InChI=1S/C11H12BrFO2/c1-7-3-4-8(10(13)5-7)6-9(12)11(14)15-2/h3-5,9H,6H2,1-2H3. The molecule has 0 saturated carbocycles. The maximum absolute atomic E-state index is 13.4. The lowest BCUT2D eigenvalue weighted by molar-refractivity contribution is -0.139. The molecule has 0 aliphatic heterocycles.